The van der Waals surface area contributed by atoms with Crippen LogP contribution in [0.3, 0.4) is 0 Å². The van der Waals surface area contributed by atoms with Crippen LogP contribution in [0.1, 0.15) is 0 Å². The second-order valence-electron chi connectivity index (χ2n) is 3.76. The zero-order valence-electron chi connectivity index (χ0n) is 10.9. The van der Waals surface area contributed by atoms with Gasteiger partial charge in [0.2, 0.25) is 0 Å². The van der Waals surface area contributed by atoms with E-state index >= 15 is 0 Å². The third-order valence-corrected chi connectivity index (χ3v) is 4.88. The Morgan fingerprint density at radius 2 is 1.15 bits per heavy atom. The molecule has 2 rings (SSSR count). The van der Waals surface area contributed by atoms with Gasteiger partial charge in [0.05, 0.1) is 24.0 Å². The predicted molar refractivity (Wildman–Crippen MR) is 77.6 cm³/mol. The molecule has 0 radical (unpaired) electrons. The van der Waals surface area contributed by atoms with Crippen LogP contribution in [0.4, 0.5) is 8.78 Å². The van der Waals surface area contributed by atoms with Gasteiger partial charge in [0.15, 0.2) is 0 Å². The van der Waals surface area contributed by atoms with Gasteiger partial charge in [-0.15, -0.1) is 0 Å². The van der Waals surface area contributed by atoms with Crippen molar-refractivity contribution in [1.29, 1.82) is 0 Å². The van der Waals surface area contributed by atoms with Gasteiger partial charge >= 0.3 is 0 Å². The summed E-state index contributed by atoms with van der Waals surface area (Å²) in [5.41, 5.74) is 0. The summed E-state index contributed by atoms with van der Waals surface area (Å²) in [5.74, 6) is 0.443. The Morgan fingerprint density at radius 1 is 0.750 bits per heavy atom. The van der Waals surface area contributed by atoms with Gasteiger partial charge in [0, 0.05) is 0 Å². The highest BCUT2D eigenvalue weighted by molar-refractivity contribution is 8.76. The Labute approximate surface area is 123 Å². The molecule has 0 aliphatic heterocycles. The summed E-state index contributed by atoms with van der Waals surface area (Å²) in [6.45, 7) is 0. The van der Waals surface area contributed by atoms with E-state index in [1.807, 2.05) is 0 Å². The molecule has 0 bridgehead atoms. The molecule has 2 nitrogen and oxygen atoms in total. The van der Waals surface area contributed by atoms with Crippen LogP contribution in [0.15, 0.2) is 46.2 Å². The van der Waals surface area contributed by atoms with Crippen molar-refractivity contribution in [2.75, 3.05) is 14.2 Å². The summed E-state index contributed by atoms with van der Waals surface area (Å²) >= 11 is 0. The largest absolute Gasteiger partial charge is 0.496 e. The Bertz CT molecular complexity index is 552. The first-order valence-electron chi connectivity index (χ1n) is 5.65. The van der Waals surface area contributed by atoms with E-state index in [0.717, 1.165) is 0 Å². The number of methoxy groups -OCH3 is 2. The van der Waals surface area contributed by atoms with E-state index in [0.29, 0.717) is 21.3 Å². The first-order chi connectivity index (χ1) is 9.63. The lowest BCUT2D eigenvalue weighted by Gasteiger charge is -2.10. The second kappa shape index (κ2) is 6.85. The van der Waals surface area contributed by atoms with Crippen LogP contribution in [-0.4, -0.2) is 14.2 Å². The van der Waals surface area contributed by atoms with Gasteiger partial charge in [-0.2, -0.15) is 0 Å². The first kappa shape index (κ1) is 15.0. The van der Waals surface area contributed by atoms with Gasteiger partial charge in [-0.3, -0.25) is 0 Å². The number of rotatable bonds is 5. The van der Waals surface area contributed by atoms with Crippen LogP contribution >= 0.6 is 21.6 Å². The smallest absolute Gasteiger partial charge is 0.133 e. The zero-order valence-corrected chi connectivity index (χ0v) is 12.5. The molecule has 20 heavy (non-hydrogen) atoms. The van der Waals surface area contributed by atoms with Crippen LogP contribution in [0.2, 0.25) is 0 Å². The van der Waals surface area contributed by atoms with Crippen molar-refractivity contribution in [3.05, 3.63) is 48.0 Å². The summed E-state index contributed by atoms with van der Waals surface area (Å²) in [7, 11) is 5.60. The summed E-state index contributed by atoms with van der Waals surface area (Å²) in [6.07, 6.45) is 0. The third kappa shape index (κ3) is 3.58. The summed E-state index contributed by atoms with van der Waals surface area (Å²) in [5, 5.41) is 0. The fraction of sp³-hybridized carbons (Fsp3) is 0.143. The Hall–Kier alpha value is -1.40. The molecule has 0 spiro atoms. The average Bonchev–Trinajstić information content (AvgIpc) is 2.45. The molecule has 0 fully saturated rings. The van der Waals surface area contributed by atoms with E-state index < -0.39 is 0 Å². The molecule has 6 heteroatoms. The summed E-state index contributed by atoms with van der Waals surface area (Å²) in [4.78, 5) is 1.26. The minimum atomic E-state index is -0.347. The van der Waals surface area contributed by atoms with Crippen molar-refractivity contribution in [3.63, 3.8) is 0 Å². The molecule has 0 amide bonds. The van der Waals surface area contributed by atoms with Crippen molar-refractivity contribution >= 4 is 21.6 Å². The van der Waals surface area contributed by atoms with E-state index in [2.05, 4.69) is 0 Å². The van der Waals surface area contributed by atoms with Crippen molar-refractivity contribution < 1.29 is 18.3 Å². The zero-order chi connectivity index (χ0) is 14.5. The lowest BCUT2D eigenvalue weighted by molar-refractivity contribution is 0.403. The minimum absolute atomic E-state index is 0.347. The number of benzene rings is 2. The summed E-state index contributed by atoms with van der Waals surface area (Å²) < 4.78 is 36.8. The molecule has 0 aromatic heterocycles. The lowest BCUT2D eigenvalue weighted by Crippen LogP contribution is -1.88. The molecule has 2 aromatic rings. The number of hydrogen-bond acceptors (Lipinski definition) is 4. The maximum Gasteiger partial charge on any atom is 0.133 e. The fourth-order valence-electron chi connectivity index (χ4n) is 1.52. The Morgan fingerprint density at radius 3 is 1.50 bits per heavy atom. The quantitative estimate of drug-likeness (QED) is 0.739. The van der Waals surface area contributed by atoms with Crippen molar-refractivity contribution in [2.24, 2.45) is 0 Å². The maximum absolute atomic E-state index is 13.3. The molecular formula is C14H12F2O2S2. The normalized spacial score (nSPS) is 10.4. The first-order valence-corrected chi connectivity index (χ1v) is 7.80. The van der Waals surface area contributed by atoms with Crippen LogP contribution in [-0.2, 0) is 0 Å². The maximum atomic E-state index is 13.3. The van der Waals surface area contributed by atoms with Crippen LogP contribution in [0.25, 0.3) is 0 Å². The highest BCUT2D eigenvalue weighted by atomic mass is 33.1. The Balaban J connectivity index is 2.20. The van der Waals surface area contributed by atoms with Gasteiger partial charge in [0.1, 0.15) is 23.1 Å². The number of hydrogen-bond donors (Lipinski definition) is 0. The third-order valence-electron chi connectivity index (χ3n) is 2.47. The summed E-state index contributed by atoms with van der Waals surface area (Å²) in [6, 6.07) is 8.53. The second-order valence-corrected chi connectivity index (χ2v) is 5.97. The molecule has 0 N–H and O–H groups in total. The monoisotopic (exact) mass is 314 g/mol. The number of ether oxygens (including phenoxy) is 2. The fourth-order valence-corrected chi connectivity index (χ4v) is 3.81. The van der Waals surface area contributed by atoms with Gasteiger partial charge in [-0.1, -0.05) is 0 Å². The highest BCUT2D eigenvalue weighted by Gasteiger charge is 2.10. The lowest BCUT2D eigenvalue weighted by atomic mass is 10.3. The van der Waals surface area contributed by atoms with Crippen molar-refractivity contribution in [1.82, 2.24) is 0 Å². The predicted octanol–water partition coefficient (Wildman–Crippen LogP) is 4.78. The molecule has 0 saturated carbocycles. The molecule has 2 aromatic carbocycles. The molecule has 0 aliphatic rings. The van der Waals surface area contributed by atoms with E-state index in [9.17, 15) is 8.78 Å². The van der Waals surface area contributed by atoms with Gasteiger partial charge in [-0.05, 0) is 58.0 Å². The number of halogens is 2. The van der Waals surface area contributed by atoms with E-state index in [4.69, 9.17) is 9.47 Å². The van der Waals surface area contributed by atoms with Crippen LogP contribution < -0.4 is 9.47 Å². The van der Waals surface area contributed by atoms with Crippen LogP contribution in [0.5, 0.6) is 11.5 Å². The molecular weight excluding hydrogens is 302 g/mol. The molecule has 0 aliphatic carbocycles. The molecule has 106 valence electrons. The van der Waals surface area contributed by atoms with Crippen molar-refractivity contribution in [2.45, 2.75) is 9.79 Å². The molecule has 0 unspecified atom stereocenters. The minimum Gasteiger partial charge on any atom is -0.496 e. The highest BCUT2D eigenvalue weighted by Crippen LogP contribution is 2.45. The molecule has 0 heterocycles. The molecule has 0 saturated heterocycles. The van der Waals surface area contributed by atoms with Crippen LogP contribution in [0, 0.1) is 11.6 Å². The van der Waals surface area contributed by atoms with E-state index in [1.54, 1.807) is 12.1 Å². The standard InChI is InChI=1S/C14H12F2O2S2/c1-17-11-5-3-9(15)7-13(11)19-20-14-8-10(16)4-6-12(14)18-2/h3-8H,1-2H3. The molecule has 0 atom stereocenters. The van der Waals surface area contributed by atoms with Gasteiger partial charge < -0.3 is 9.47 Å². The SMILES string of the molecule is COc1ccc(F)cc1SSc1cc(F)ccc1OC. The van der Waals surface area contributed by atoms with Crippen molar-refractivity contribution in [3.8, 4) is 11.5 Å². The average molecular weight is 314 g/mol. The van der Waals surface area contributed by atoms with E-state index in [-0.39, 0.29) is 11.6 Å². The topological polar surface area (TPSA) is 18.5 Å². The van der Waals surface area contributed by atoms with E-state index in [1.165, 1.54) is 60.1 Å². The van der Waals surface area contributed by atoms with Gasteiger partial charge in [0.25, 0.3) is 0 Å². The Kier molecular flexibility index (Phi) is 5.14. The van der Waals surface area contributed by atoms with Gasteiger partial charge in [-0.25, -0.2) is 8.78 Å².